The lowest BCUT2D eigenvalue weighted by Crippen LogP contribution is -2.30. The number of amides is 1. The Hall–Kier alpha value is -1.37. The van der Waals surface area contributed by atoms with Crippen LogP contribution in [0.4, 0.5) is 0 Å². The van der Waals surface area contributed by atoms with Crippen molar-refractivity contribution in [2.24, 2.45) is 0 Å². The highest BCUT2D eigenvalue weighted by Gasteiger charge is 2.32. The van der Waals surface area contributed by atoms with Crippen LogP contribution in [0.5, 0.6) is 0 Å². The number of halogens is 1. The zero-order valence-electron chi connectivity index (χ0n) is 14.0. The lowest BCUT2D eigenvalue weighted by molar-refractivity contribution is -0.144. The monoisotopic (exact) mass is 397 g/mol. The van der Waals surface area contributed by atoms with Gasteiger partial charge < -0.3 is 4.74 Å². The first-order valence-electron chi connectivity index (χ1n) is 8.18. The van der Waals surface area contributed by atoms with Gasteiger partial charge >= 0.3 is 5.97 Å². The highest BCUT2D eigenvalue weighted by Crippen LogP contribution is 2.33. The first-order valence-corrected chi connectivity index (χ1v) is 9.78. The lowest BCUT2D eigenvalue weighted by atomic mass is 10.2. The number of carbonyl (C=O) groups excluding carboxylic acids is 2. The quantitative estimate of drug-likeness (QED) is 0.276. The Morgan fingerprint density at radius 3 is 2.84 bits per heavy atom. The van der Waals surface area contributed by atoms with Gasteiger partial charge in [0, 0.05) is 11.6 Å². The number of hydrogen-bond acceptors (Lipinski definition) is 5. The van der Waals surface area contributed by atoms with Crippen molar-refractivity contribution in [3.63, 3.8) is 0 Å². The summed E-state index contributed by atoms with van der Waals surface area (Å²) in [5.74, 6) is -0.506. The van der Waals surface area contributed by atoms with Gasteiger partial charge in [0.1, 0.15) is 4.32 Å². The van der Waals surface area contributed by atoms with Crippen LogP contribution in [0.2, 0.25) is 5.02 Å². The van der Waals surface area contributed by atoms with Crippen LogP contribution in [0, 0.1) is 0 Å². The van der Waals surface area contributed by atoms with Crippen molar-refractivity contribution in [3.8, 4) is 0 Å². The molecule has 0 spiro atoms. The van der Waals surface area contributed by atoms with E-state index in [1.165, 1.54) is 16.7 Å². The molecule has 0 atom stereocenters. The van der Waals surface area contributed by atoms with Crippen LogP contribution in [-0.2, 0) is 14.3 Å². The van der Waals surface area contributed by atoms with Crippen LogP contribution < -0.4 is 0 Å². The Balaban J connectivity index is 1.91. The van der Waals surface area contributed by atoms with Gasteiger partial charge in [0.15, 0.2) is 0 Å². The van der Waals surface area contributed by atoms with Crippen molar-refractivity contribution in [2.75, 3.05) is 13.2 Å². The minimum Gasteiger partial charge on any atom is -0.466 e. The summed E-state index contributed by atoms with van der Waals surface area (Å²) in [5, 5.41) is 0.573. The van der Waals surface area contributed by atoms with E-state index in [0.29, 0.717) is 20.9 Å². The third-order valence-electron chi connectivity index (χ3n) is 3.62. The van der Waals surface area contributed by atoms with E-state index in [0.717, 1.165) is 24.8 Å². The van der Waals surface area contributed by atoms with Crippen molar-refractivity contribution in [1.82, 2.24) is 4.90 Å². The summed E-state index contributed by atoms with van der Waals surface area (Å²) in [6.07, 6.45) is 4.84. The molecule has 0 aromatic heterocycles. The number of carbonyl (C=O) groups is 2. The Kier molecular flexibility index (Phi) is 7.93. The molecule has 0 N–H and O–H groups in total. The number of thiocarbonyl (C=S) groups is 1. The van der Waals surface area contributed by atoms with Gasteiger partial charge in [-0.3, -0.25) is 14.5 Å². The summed E-state index contributed by atoms with van der Waals surface area (Å²) < 4.78 is 5.60. The van der Waals surface area contributed by atoms with Crippen molar-refractivity contribution in [3.05, 3.63) is 39.8 Å². The molecule has 25 heavy (non-hydrogen) atoms. The minimum absolute atomic E-state index is 0.137. The molecule has 0 bridgehead atoms. The molecule has 2 rings (SSSR count). The number of esters is 1. The molecule has 1 fully saturated rings. The second-order valence-electron chi connectivity index (χ2n) is 5.53. The SMILES string of the molecule is CCCCCOC(=O)CCN1C(=O)C(=Cc2ccccc2Cl)SC1=S. The van der Waals surface area contributed by atoms with Gasteiger partial charge in [0.05, 0.1) is 17.9 Å². The molecule has 0 saturated carbocycles. The maximum atomic E-state index is 12.5. The minimum atomic E-state index is -0.305. The zero-order chi connectivity index (χ0) is 18.2. The van der Waals surface area contributed by atoms with Crippen LogP contribution >= 0.6 is 35.6 Å². The van der Waals surface area contributed by atoms with Crippen molar-refractivity contribution in [2.45, 2.75) is 32.6 Å². The second-order valence-corrected chi connectivity index (χ2v) is 7.62. The fourth-order valence-electron chi connectivity index (χ4n) is 2.24. The zero-order valence-corrected chi connectivity index (χ0v) is 16.4. The van der Waals surface area contributed by atoms with Crippen molar-refractivity contribution in [1.29, 1.82) is 0 Å². The predicted octanol–water partition coefficient (Wildman–Crippen LogP) is 4.66. The van der Waals surface area contributed by atoms with Crippen LogP contribution in [0.1, 0.15) is 38.2 Å². The van der Waals surface area contributed by atoms with Crippen LogP contribution in [0.15, 0.2) is 29.2 Å². The molecule has 1 heterocycles. The standard InChI is InChI=1S/C18H20ClNO3S2/c1-2-3-6-11-23-16(21)9-10-20-17(22)15(25-18(20)24)12-13-7-4-5-8-14(13)19/h4-5,7-8,12H,2-3,6,9-11H2,1H3. The Morgan fingerprint density at radius 2 is 2.12 bits per heavy atom. The van der Waals surface area contributed by atoms with Crippen molar-refractivity contribution < 1.29 is 14.3 Å². The van der Waals surface area contributed by atoms with Gasteiger partial charge in [0.2, 0.25) is 0 Å². The molecule has 1 amide bonds. The highest BCUT2D eigenvalue weighted by atomic mass is 35.5. The first-order chi connectivity index (χ1) is 12.0. The van der Waals surface area contributed by atoms with E-state index in [1.807, 2.05) is 18.2 Å². The maximum absolute atomic E-state index is 12.5. The average molecular weight is 398 g/mol. The number of benzene rings is 1. The van der Waals surface area contributed by atoms with E-state index in [4.69, 9.17) is 28.6 Å². The smallest absolute Gasteiger partial charge is 0.307 e. The first kappa shape index (κ1) is 19.9. The van der Waals surface area contributed by atoms with Crippen LogP contribution in [0.3, 0.4) is 0 Å². The number of hydrogen-bond donors (Lipinski definition) is 0. The van der Waals surface area contributed by atoms with Gasteiger partial charge in [-0.1, -0.05) is 73.5 Å². The third kappa shape index (κ3) is 5.83. The summed E-state index contributed by atoms with van der Waals surface area (Å²) in [7, 11) is 0. The summed E-state index contributed by atoms with van der Waals surface area (Å²) in [6, 6.07) is 7.29. The van der Waals surface area contributed by atoms with E-state index < -0.39 is 0 Å². The van der Waals surface area contributed by atoms with Gasteiger partial charge in [-0.15, -0.1) is 0 Å². The predicted molar refractivity (Wildman–Crippen MR) is 106 cm³/mol. The molecule has 0 unspecified atom stereocenters. The van der Waals surface area contributed by atoms with E-state index in [9.17, 15) is 9.59 Å². The van der Waals surface area contributed by atoms with Crippen molar-refractivity contribution >= 4 is 57.9 Å². The summed E-state index contributed by atoms with van der Waals surface area (Å²) in [4.78, 5) is 26.2. The topological polar surface area (TPSA) is 46.6 Å². The Morgan fingerprint density at radius 1 is 1.36 bits per heavy atom. The summed E-state index contributed by atoms with van der Waals surface area (Å²) >= 11 is 12.6. The molecule has 7 heteroatoms. The van der Waals surface area contributed by atoms with Crippen LogP contribution in [0.25, 0.3) is 6.08 Å². The third-order valence-corrected chi connectivity index (χ3v) is 5.34. The number of thioether (sulfide) groups is 1. The number of nitrogens with zero attached hydrogens (tertiary/aromatic N) is 1. The summed E-state index contributed by atoms with van der Waals surface area (Å²) in [5.41, 5.74) is 0.764. The summed E-state index contributed by atoms with van der Waals surface area (Å²) in [6.45, 7) is 2.75. The molecule has 0 aliphatic carbocycles. The largest absolute Gasteiger partial charge is 0.466 e. The molecule has 1 aliphatic heterocycles. The Bertz CT molecular complexity index is 691. The number of rotatable bonds is 8. The molecular weight excluding hydrogens is 378 g/mol. The van der Waals surface area contributed by atoms with Crippen LogP contribution in [-0.4, -0.2) is 34.2 Å². The average Bonchev–Trinajstić information content (AvgIpc) is 2.85. The van der Waals surface area contributed by atoms with Gasteiger partial charge in [-0.25, -0.2) is 0 Å². The molecule has 134 valence electrons. The normalized spacial score (nSPS) is 15.9. The molecule has 1 aliphatic rings. The Labute approximate surface area is 162 Å². The molecule has 4 nitrogen and oxygen atoms in total. The molecule has 1 aromatic carbocycles. The highest BCUT2D eigenvalue weighted by molar-refractivity contribution is 8.26. The molecule has 1 saturated heterocycles. The second kappa shape index (κ2) is 9.94. The van der Waals surface area contributed by atoms with E-state index >= 15 is 0 Å². The number of unbranched alkanes of at least 4 members (excludes halogenated alkanes) is 2. The number of ether oxygens (including phenoxy) is 1. The fraction of sp³-hybridized carbons (Fsp3) is 0.389. The van der Waals surface area contributed by atoms with E-state index in [2.05, 4.69) is 6.92 Å². The van der Waals surface area contributed by atoms with Gasteiger partial charge in [-0.05, 0) is 24.1 Å². The molecule has 0 radical (unpaired) electrons. The van der Waals surface area contributed by atoms with Gasteiger partial charge in [0.25, 0.3) is 5.91 Å². The van der Waals surface area contributed by atoms with E-state index in [-0.39, 0.29) is 24.8 Å². The van der Waals surface area contributed by atoms with Gasteiger partial charge in [-0.2, -0.15) is 0 Å². The molecular formula is C18H20ClNO3S2. The van der Waals surface area contributed by atoms with E-state index in [1.54, 1.807) is 12.1 Å². The molecule has 1 aromatic rings. The maximum Gasteiger partial charge on any atom is 0.307 e. The fourth-order valence-corrected chi connectivity index (χ4v) is 3.73. The lowest BCUT2D eigenvalue weighted by Gasteiger charge is -2.13.